The van der Waals surface area contributed by atoms with Gasteiger partial charge in [0.1, 0.15) is 11.5 Å². The molecule has 0 aliphatic rings. The third-order valence-electron chi connectivity index (χ3n) is 3.74. The van der Waals surface area contributed by atoms with Gasteiger partial charge in [0.05, 0.1) is 17.5 Å². The predicted octanol–water partition coefficient (Wildman–Crippen LogP) is 4.12. The Morgan fingerprint density at radius 1 is 0.893 bits per heavy atom. The number of rotatable bonds is 7. The molecule has 3 aromatic rings. The van der Waals surface area contributed by atoms with E-state index in [1.165, 1.54) is 23.5 Å². The lowest BCUT2D eigenvalue weighted by atomic mass is 10.1. The second-order valence-corrected chi connectivity index (χ2v) is 6.78. The van der Waals surface area contributed by atoms with Crippen LogP contribution in [-0.4, -0.2) is 28.1 Å². The van der Waals surface area contributed by atoms with Crippen LogP contribution in [0.1, 0.15) is 25.6 Å². The summed E-state index contributed by atoms with van der Waals surface area (Å²) < 4.78 is 5.58. The Labute approximate surface area is 163 Å². The molecule has 0 atom stereocenters. The van der Waals surface area contributed by atoms with Crippen molar-refractivity contribution in [2.45, 2.75) is 6.42 Å². The second-order valence-electron chi connectivity index (χ2n) is 5.75. The van der Waals surface area contributed by atoms with E-state index in [9.17, 15) is 14.4 Å². The number of carbonyl (C=O) groups is 3. The average Bonchev–Trinajstić information content (AvgIpc) is 3.16. The van der Waals surface area contributed by atoms with Gasteiger partial charge in [0.15, 0.2) is 0 Å². The Morgan fingerprint density at radius 2 is 1.57 bits per heavy atom. The van der Waals surface area contributed by atoms with Gasteiger partial charge in [-0.05, 0) is 53.9 Å². The van der Waals surface area contributed by atoms with E-state index in [1.54, 1.807) is 24.3 Å². The molecule has 0 unspecified atom stereocenters. The number of aromatic carboxylic acids is 2. The van der Waals surface area contributed by atoms with Crippen molar-refractivity contribution in [2.24, 2.45) is 0 Å². The molecule has 0 aliphatic heterocycles. The number of hydrogen-bond donors (Lipinski definition) is 3. The van der Waals surface area contributed by atoms with Crippen molar-refractivity contribution in [3.8, 4) is 11.5 Å². The average molecular weight is 397 g/mol. The largest absolute Gasteiger partial charge is 0.478 e. The summed E-state index contributed by atoms with van der Waals surface area (Å²) in [5.74, 6) is -2.21. The SMILES string of the molecule is O=C(Cc1cccs1)Nc1ccc(Oc2ccc(C(=O)O)c(C(=O)O)c2)cc1. The molecule has 1 aromatic heterocycles. The molecule has 142 valence electrons. The van der Waals surface area contributed by atoms with Gasteiger partial charge in [-0.25, -0.2) is 9.59 Å². The zero-order chi connectivity index (χ0) is 20.1. The summed E-state index contributed by atoms with van der Waals surface area (Å²) in [6.07, 6.45) is 0.295. The van der Waals surface area contributed by atoms with Gasteiger partial charge in [-0.1, -0.05) is 6.07 Å². The molecule has 28 heavy (non-hydrogen) atoms. The van der Waals surface area contributed by atoms with Gasteiger partial charge in [-0.2, -0.15) is 0 Å². The van der Waals surface area contributed by atoms with Crippen LogP contribution in [0.2, 0.25) is 0 Å². The van der Waals surface area contributed by atoms with E-state index in [-0.39, 0.29) is 22.8 Å². The minimum Gasteiger partial charge on any atom is -0.478 e. The number of carboxylic acid groups (broad SMARTS) is 2. The van der Waals surface area contributed by atoms with E-state index in [0.29, 0.717) is 17.9 Å². The molecule has 3 rings (SSSR count). The zero-order valence-corrected chi connectivity index (χ0v) is 15.2. The smallest absolute Gasteiger partial charge is 0.336 e. The molecule has 0 saturated carbocycles. The van der Waals surface area contributed by atoms with Crippen molar-refractivity contribution in [2.75, 3.05) is 5.32 Å². The summed E-state index contributed by atoms with van der Waals surface area (Å²) in [7, 11) is 0. The quantitative estimate of drug-likeness (QED) is 0.553. The third-order valence-corrected chi connectivity index (χ3v) is 4.62. The number of nitrogens with one attached hydrogen (secondary N) is 1. The summed E-state index contributed by atoms with van der Waals surface area (Å²) in [5.41, 5.74) is -0.0764. The molecule has 0 radical (unpaired) electrons. The van der Waals surface area contributed by atoms with E-state index in [4.69, 9.17) is 14.9 Å². The van der Waals surface area contributed by atoms with Crippen molar-refractivity contribution < 1.29 is 29.3 Å². The minimum absolute atomic E-state index is 0.133. The maximum Gasteiger partial charge on any atom is 0.336 e. The molecular weight excluding hydrogens is 382 g/mol. The van der Waals surface area contributed by atoms with Gasteiger partial charge in [0.2, 0.25) is 5.91 Å². The third kappa shape index (κ3) is 4.74. The first-order valence-electron chi connectivity index (χ1n) is 8.13. The van der Waals surface area contributed by atoms with Crippen LogP contribution in [-0.2, 0) is 11.2 Å². The first-order valence-corrected chi connectivity index (χ1v) is 9.01. The summed E-state index contributed by atoms with van der Waals surface area (Å²) in [6.45, 7) is 0. The Morgan fingerprint density at radius 3 is 2.18 bits per heavy atom. The maximum atomic E-state index is 12.0. The molecular formula is C20H15NO6S. The second kappa shape index (κ2) is 8.36. The number of benzene rings is 2. The predicted molar refractivity (Wildman–Crippen MR) is 104 cm³/mol. The summed E-state index contributed by atoms with van der Waals surface area (Å²) in [4.78, 5) is 35.3. The normalized spacial score (nSPS) is 10.3. The fraction of sp³-hybridized carbons (Fsp3) is 0.0500. The molecule has 2 aromatic carbocycles. The van der Waals surface area contributed by atoms with Gasteiger partial charge in [-0.15, -0.1) is 11.3 Å². The topological polar surface area (TPSA) is 113 Å². The van der Waals surface area contributed by atoms with Crippen molar-refractivity contribution in [3.63, 3.8) is 0 Å². The highest BCUT2D eigenvalue weighted by molar-refractivity contribution is 7.10. The lowest BCUT2D eigenvalue weighted by Crippen LogP contribution is -2.13. The van der Waals surface area contributed by atoms with Gasteiger partial charge in [-0.3, -0.25) is 4.79 Å². The highest BCUT2D eigenvalue weighted by atomic mass is 32.1. The summed E-state index contributed by atoms with van der Waals surface area (Å²) in [5, 5.41) is 22.9. The Balaban J connectivity index is 1.67. The number of anilines is 1. The number of amides is 1. The van der Waals surface area contributed by atoms with E-state index in [1.807, 2.05) is 17.5 Å². The van der Waals surface area contributed by atoms with Crippen molar-refractivity contribution in [1.29, 1.82) is 0 Å². The fourth-order valence-electron chi connectivity index (χ4n) is 2.47. The number of thiophene rings is 1. The summed E-state index contributed by atoms with van der Waals surface area (Å²) >= 11 is 1.51. The van der Waals surface area contributed by atoms with Crippen LogP contribution in [0, 0.1) is 0 Å². The van der Waals surface area contributed by atoms with Gasteiger partial charge in [0, 0.05) is 10.6 Å². The van der Waals surface area contributed by atoms with Crippen LogP contribution in [0.5, 0.6) is 11.5 Å². The van der Waals surface area contributed by atoms with Crippen LogP contribution in [0.25, 0.3) is 0 Å². The zero-order valence-electron chi connectivity index (χ0n) is 14.4. The first kappa shape index (κ1) is 19.1. The van der Waals surface area contributed by atoms with Gasteiger partial charge >= 0.3 is 11.9 Å². The van der Waals surface area contributed by atoms with Crippen molar-refractivity contribution >= 4 is 34.9 Å². The number of hydrogen-bond acceptors (Lipinski definition) is 5. The number of carbonyl (C=O) groups excluding carboxylic acids is 1. The van der Waals surface area contributed by atoms with Crippen LogP contribution in [0.4, 0.5) is 5.69 Å². The molecule has 3 N–H and O–H groups in total. The van der Waals surface area contributed by atoms with Crippen molar-refractivity contribution in [3.05, 3.63) is 76.0 Å². The van der Waals surface area contributed by atoms with E-state index < -0.39 is 11.9 Å². The van der Waals surface area contributed by atoms with Gasteiger partial charge < -0.3 is 20.3 Å². The molecule has 0 aliphatic carbocycles. The molecule has 7 nitrogen and oxygen atoms in total. The molecule has 0 fully saturated rings. The van der Waals surface area contributed by atoms with E-state index >= 15 is 0 Å². The van der Waals surface area contributed by atoms with Crippen molar-refractivity contribution in [1.82, 2.24) is 0 Å². The van der Waals surface area contributed by atoms with Gasteiger partial charge in [0.25, 0.3) is 0 Å². The number of carboxylic acids is 2. The molecule has 8 heteroatoms. The number of ether oxygens (including phenoxy) is 1. The lowest BCUT2D eigenvalue weighted by Gasteiger charge is -2.09. The van der Waals surface area contributed by atoms with Crippen LogP contribution >= 0.6 is 11.3 Å². The standard InChI is InChI=1S/C20H15NO6S/c22-18(11-15-2-1-9-28-15)21-12-3-5-13(6-4-12)27-14-7-8-16(19(23)24)17(10-14)20(25)26/h1-10H,11H2,(H,21,22)(H,23,24)(H,25,26). The molecule has 0 spiro atoms. The molecule has 1 heterocycles. The molecule has 0 bridgehead atoms. The Hall–Kier alpha value is -3.65. The molecule has 0 saturated heterocycles. The fourth-order valence-corrected chi connectivity index (χ4v) is 3.17. The van der Waals surface area contributed by atoms with Crippen LogP contribution in [0.3, 0.4) is 0 Å². The van der Waals surface area contributed by atoms with E-state index in [2.05, 4.69) is 5.32 Å². The highest BCUT2D eigenvalue weighted by Crippen LogP contribution is 2.26. The highest BCUT2D eigenvalue weighted by Gasteiger charge is 2.17. The van der Waals surface area contributed by atoms with Crippen LogP contribution < -0.4 is 10.1 Å². The summed E-state index contributed by atoms with van der Waals surface area (Å²) in [6, 6.07) is 14.0. The van der Waals surface area contributed by atoms with Crippen LogP contribution in [0.15, 0.2) is 60.0 Å². The Kier molecular flexibility index (Phi) is 5.71. The maximum absolute atomic E-state index is 12.0. The van der Waals surface area contributed by atoms with E-state index in [0.717, 1.165) is 10.9 Å². The first-order chi connectivity index (χ1) is 13.4. The molecule has 1 amide bonds. The lowest BCUT2D eigenvalue weighted by molar-refractivity contribution is -0.115. The monoisotopic (exact) mass is 397 g/mol. The minimum atomic E-state index is -1.35. The Bertz CT molecular complexity index is 1010.